The van der Waals surface area contributed by atoms with Crippen molar-refractivity contribution >= 4 is 5.91 Å². The van der Waals surface area contributed by atoms with Gasteiger partial charge < -0.3 is 9.88 Å². The van der Waals surface area contributed by atoms with Gasteiger partial charge in [0.1, 0.15) is 0 Å². The summed E-state index contributed by atoms with van der Waals surface area (Å²) in [6, 6.07) is 0. The van der Waals surface area contributed by atoms with Gasteiger partial charge in [0.2, 0.25) is 5.91 Å². The number of allylic oxidation sites excluding steroid dienone is 2. The van der Waals surface area contributed by atoms with Crippen molar-refractivity contribution in [1.29, 1.82) is 0 Å². The molecule has 0 spiro atoms. The number of likely N-dealkylation sites (tertiary alicyclic amines) is 1. The number of hydrogen-bond donors (Lipinski definition) is 1. The molecular formula is C17H27N3O. The minimum atomic E-state index is 0.258. The van der Waals surface area contributed by atoms with Crippen LogP contribution in [0.2, 0.25) is 0 Å². The Morgan fingerprint density at radius 1 is 1.52 bits per heavy atom. The van der Waals surface area contributed by atoms with Gasteiger partial charge in [0.25, 0.3) is 0 Å². The van der Waals surface area contributed by atoms with E-state index in [9.17, 15) is 4.79 Å². The summed E-state index contributed by atoms with van der Waals surface area (Å²) in [7, 11) is 0. The molecule has 0 radical (unpaired) electrons. The van der Waals surface area contributed by atoms with Crippen LogP contribution in [-0.2, 0) is 11.2 Å². The highest BCUT2D eigenvalue weighted by atomic mass is 16.2. The summed E-state index contributed by atoms with van der Waals surface area (Å²) in [5.74, 6) is 0.300. The molecule has 1 atom stereocenters. The molecular weight excluding hydrogens is 262 g/mol. The number of piperidine rings is 1. The molecule has 116 valence electrons. The summed E-state index contributed by atoms with van der Waals surface area (Å²) in [5, 5.41) is 0. The molecule has 1 aliphatic rings. The third kappa shape index (κ3) is 4.73. The molecule has 0 aromatic carbocycles. The van der Waals surface area contributed by atoms with E-state index in [1.54, 1.807) is 6.33 Å². The molecule has 1 fully saturated rings. The highest BCUT2D eigenvalue weighted by molar-refractivity contribution is 5.77. The lowest BCUT2D eigenvalue weighted by molar-refractivity contribution is -0.137. The standard InChI is InChI=1S/C17H27N3O/c1-14(2)5-4-8-17(3)9-6-16(21)20(12-17)10-7-15-11-18-13-19-15/h5,11,13H,4,6-10,12H2,1-3H3,(H,18,19)/t17-/m0/s1. The van der Waals surface area contributed by atoms with Crippen LogP contribution in [0.1, 0.15) is 52.1 Å². The average Bonchev–Trinajstić information content (AvgIpc) is 2.93. The van der Waals surface area contributed by atoms with Crippen molar-refractivity contribution in [3.63, 3.8) is 0 Å². The van der Waals surface area contributed by atoms with Gasteiger partial charge in [-0.25, -0.2) is 4.98 Å². The second-order valence-electron chi connectivity index (χ2n) is 6.77. The minimum Gasteiger partial charge on any atom is -0.348 e. The highest BCUT2D eigenvalue weighted by Crippen LogP contribution is 2.34. The maximum atomic E-state index is 12.1. The molecule has 1 aromatic rings. The van der Waals surface area contributed by atoms with Gasteiger partial charge in [0.05, 0.1) is 6.33 Å². The van der Waals surface area contributed by atoms with Crippen molar-refractivity contribution in [2.24, 2.45) is 5.41 Å². The third-order valence-corrected chi connectivity index (χ3v) is 4.37. The lowest BCUT2D eigenvalue weighted by Gasteiger charge is -2.40. The zero-order valence-corrected chi connectivity index (χ0v) is 13.5. The Morgan fingerprint density at radius 2 is 2.33 bits per heavy atom. The van der Waals surface area contributed by atoms with Gasteiger partial charge in [-0.15, -0.1) is 0 Å². The van der Waals surface area contributed by atoms with Crippen molar-refractivity contribution in [2.75, 3.05) is 13.1 Å². The number of carbonyl (C=O) groups is 1. The fourth-order valence-electron chi connectivity index (χ4n) is 2.99. The molecule has 1 aromatic heterocycles. The number of rotatable bonds is 6. The van der Waals surface area contributed by atoms with Crippen LogP contribution in [0.4, 0.5) is 0 Å². The number of imidazole rings is 1. The van der Waals surface area contributed by atoms with Crippen LogP contribution >= 0.6 is 0 Å². The smallest absolute Gasteiger partial charge is 0.222 e. The second-order valence-corrected chi connectivity index (χ2v) is 6.77. The summed E-state index contributed by atoms with van der Waals surface area (Å²) >= 11 is 0. The number of amides is 1. The lowest BCUT2D eigenvalue weighted by atomic mass is 9.77. The largest absolute Gasteiger partial charge is 0.348 e. The lowest BCUT2D eigenvalue weighted by Crippen LogP contribution is -2.46. The molecule has 0 aliphatic carbocycles. The van der Waals surface area contributed by atoms with E-state index in [2.05, 4.69) is 36.8 Å². The van der Waals surface area contributed by atoms with Gasteiger partial charge in [-0.2, -0.15) is 0 Å². The van der Waals surface area contributed by atoms with E-state index in [0.717, 1.165) is 44.5 Å². The number of aromatic nitrogens is 2. The summed E-state index contributed by atoms with van der Waals surface area (Å²) < 4.78 is 0. The van der Waals surface area contributed by atoms with Crippen LogP contribution in [0.3, 0.4) is 0 Å². The van der Waals surface area contributed by atoms with E-state index in [1.807, 2.05) is 11.1 Å². The maximum Gasteiger partial charge on any atom is 0.222 e. The first kappa shape index (κ1) is 15.8. The normalized spacial score (nSPS) is 22.4. The predicted octanol–water partition coefficient (Wildman–Crippen LogP) is 3.33. The molecule has 1 saturated heterocycles. The molecule has 4 nitrogen and oxygen atoms in total. The quantitative estimate of drug-likeness (QED) is 0.817. The first-order valence-electron chi connectivity index (χ1n) is 7.87. The first-order valence-corrected chi connectivity index (χ1v) is 7.87. The topological polar surface area (TPSA) is 49.0 Å². The number of nitrogens with one attached hydrogen (secondary N) is 1. The number of H-pyrrole nitrogens is 1. The fourth-order valence-corrected chi connectivity index (χ4v) is 2.99. The molecule has 2 heterocycles. The molecule has 1 amide bonds. The summed E-state index contributed by atoms with van der Waals surface area (Å²) in [6.45, 7) is 8.28. The van der Waals surface area contributed by atoms with Crippen LogP contribution < -0.4 is 0 Å². The van der Waals surface area contributed by atoms with E-state index >= 15 is 0 Å². The molecule has 0 unspecified atom stereocenters. The van der Waals surface area contributed by atoms with Gasteiger partial charge in [-0.3, -0.25) is 4.79 Å². The number of carbonyl (C=O) groups excluding carboxylic acids is 1. The molecule has 2 rings (SSSR count). The Bertz CT molecular complexity index is 488. The van der Waals surface area contributed by atoms with E-state index in [-0.39, 0.29) is 5.41 Å². The zero-order chi connectivity index (χ0) is 15.3. The Balaban J connectivity index is 1.88. The van der Waals surface area contributed by atoms with Gasteiger partial charge in [0.15, 0.2) is 0 Å². The summed E-state index contributed by atoms with van der Waals surface area (Å²) in [4.78, 5) is 21.3. The zero-order valence-electron chi connectivity index (χ0n) is 13.5. The van der Waals surface area contributed by atoms with Crippen LogP contribution in [-0.4, -0.2) is 33.9 Å². The third-order valence-electron chi connectivity index (χ3n) is 4.37. The van der Waals surface area contributed by atoms with Gasteiger partial charge in [-0.1, -0.05) is 18.6 Å². The van der Waals surface area contributed by atoms with E-state index < -0.39 is 0 Å². The maximum absolute atomic E-state index is 12.1. The first-order chi connectivity index (χ1) is 9.98. The fraction of sp³-hybridized carbons (Fsp3) is 0.647. The van der Waals surface area contributed by atoms with Crippen LogP contribution in [0, 0.1) is 5.41 Å². The number of aromatic amines is 1. The van der Waals surface area contributed by atoms with Crippen LogP contribution in [0.25, 0.3) is 0 Å². The Hall–Kier alpha value is -1.58. The Morgan fingerprint density at radius 3 is 3.00 bits per heavy atom. The van der Waals surface area contributed by atoms with Crippen molar-refractivity contribution in [1.82, 2.24) is 14.9 Å². The molecule has 0 saturated carbocycles. The average molecular weight is 289 g/mol. The van der Waals surface area contributed by atoms with Crippen molar-refractivity contribution in [3.8, 4) is 0 Å². The predicted molar refractivity (Wildman–Crippen MR) is 84.9 cm³/mol. The van der Waals surface area contributed by atoms with Crippen LogP contribution in [0.5, 0.6) is 0 Å². The van der Waals surface area contributed by atoms with E-state index in [0.29, 0.717) is 12.3 Å². The molecule has 1 N–H and O–H groups in total. The summed E-state index contributed by atoms with van der Waals surface area (Å²) in [5.41, 5.74) is 2.73. The van der Waals surface area contributed by atoms with Crippen molar-refractivity contribution in [3.05, 3.63) is 29.9 Å². The van der Waals surface area contributed by atoms with Crippen molar-refractivity contribution in [2.45, 2.75) is 52.9 Å². The van der Waals surface area contributed by atoms with Gasteiger partial charge >= 0.3 is 0 Å². The highest BCUT2D eigenvalue weighted by Gasteiger charge is 2.33. The monoisotopic (exact) mass is 289 g/mol. The Labute approximate surface area is 127 Å². The molecule has 0 bridgehead atoms. The molecule has 21 heavy (non-hydrogen) atoms. The van der Waals surface area contributed by atoms with E-state index in [4.69, 9.17) is 0 Å². The van der Waals surface area contributed by atoms with E-state index in [1.165, 1.54) is 5.57 Å². The Kier molecular flexibility index (Phi) is 5.21. The number of nitrogens with zero attached hydrogens (tertiary/aromatic N) is 2. The summed E-state index contributed by atoms with van der Waals surface area (Å²) in [6.07, 6.45) is 10.7. The number of hydrogen-bond acceptors (Lipinski definition) is 2. The second kappa shape index (κ2) is 6.92. The SMILES string of the molecule is CC(C)=CCC[C@@]1(C)CCC(=O)N(CCc2cnc[nH]2)C1. The van der Waals surface area contributed by atoms with Gasteiger partial charge in [-0.05, 0) is 38.5 Å². The van der Waals surface area contributed by atoms with Crippen LogP contribution in [0.15, 0.2) is 24.2 Å². The molecule has 4 heteroatoms. The van der Waals surface area contributed by atoms with Crippen molar-refractivity contribution < 1.29 is 4.79 Å². The molecule has 1 aliphatic heterocycles. The minimum absolute atomic E-state index is 0.258. The van der Waals surface area contributed by atoms with Gasteiger partial charge in [0, 0.05) is 37.8 Å².